The summed E-state index contributed by atoms with van der Waals surface area (Å²) in [5.41, 5.74) is 1.97. The SMILES string of the molecule is O=C(Nc1ccc(-c2ncc(CCl)s2)cc1)Nc1cccc(F)c1. The van der Waals surface area contributed by atoms with Gasteiger partial charge in [0.15, 0.2) is 0 Å². The summed E-state index contributed by atoms with van der Waals surface area (Å²) in [6, 6.07) is 12.6. The molecule has 0 unspecified atom stereocenters. The molecule has 7 heteroatoms. The number of anilines is 2. The van der Waals surface area contributed by atoms with E-state index in [1.807, 2.05) is 12.1 Å². The molecule has 3 aromatic rings. The van der Waals surface area contributed by atoms with Crippen molar-refractivity contribution in [1.29, 1.82) is 0 Å². The van der Waals surface area contributed by atoms with E-state index in [-0.39, 0.29) is 0 Å². The highest BCUT2D eigenvalue weighted by atomic mass is 35.5. The number of carbonyl (C=O) groups excluding carboxylic acids is 1. The number of rotatable bonds is 4. The third kappa shape index (κ3) is 4.10. The fourth-order valence-electron chi connectivity index (χ4n) is 2.06. The number of benzene rings is 2. The zero-order valence-electron chi connectivity index (χ0n) is 12.4. The molecule has 1 aromatic heterocycles. The highest BCUT2D eigenvalue weighted by Crippen LogP contribution is 2.27. The normalized spacial score (nSPS) is 10.4. The minimum absolute atomic E-state index is 0.389. The lowest BCUT2D eigenvalue weighted by Gasteiger charge is -2.08. The van der Waals surface area contributed by atoms with E-state index in [1.165, 1.54) is 29.5 Å². The standard InChI is InChI=1S/C17H13ClFN3OS/c18-9-15-10-20-16(24-15)11-4-6-13(7-5-11)21-17(23)22-14-3-1-2-12(19)8-14/h1-8,10H,9H2,(H2,21,22,23). The number of nitrogens with one attached hydrogen (secondary N) is 2. The lowest BCUT2D eigenvalue weighted by Crippen LogP contribution is -2.19. The fraction of sp³-hybridized carbons (Fsp3) is 0.0588. The third-order valence-electron chi connectivity index (χ3n) is 3.16. The second-order valence-corrected chi connectivity index (χ2v) is 6.31. The van der Waals surface area contributed by atoms with Crippen molar-refractivity contribution in [2.24, 2.45) is 0 Å². The molecule has 0 atom stereocenters. The van der Waals surface area contributed by atoms with Gasteiger partial charge in [0.2, 0.25) is 0 Å². The predicted molar refractivity (Wildman–Crippen MR) is 96.1 cm³/mol. The molecule has 0 saturated carbocycles. The van der Waals surface area contributed by atoms with Crippen LogP contribution in [0.25, 0.3) is 10.6 Å². The van der Waals surface area contributed by atoms with Crippen LogP contribution >= 0.6 is 22.9 Å². The number of aromatic nitrogens is 1. The molecule has 0 bridgehead atoms. The van der Waals surface area contributed by atoms with E-state index in [0.717, 1.165) is 15.4 Å². The Bertz CT molecular complexity index is 851. The van der Waals surface area contributed by atoms with Crippen LogP contribution in [0.4, 0.5) is 20.6 Å². The minimum Gasteiger partial charge on any atom is -0.308 e. The zero-order valence-corrected chi connectivity index (χ0v) is 14.0. The van der Waals surface area contributed by atoms with Crippen LogP contribution in [0.2, 0.25) is 0 Å². The fourth-order valence-corrected chi connectivity index (χ4v) is 3.06. The average Bonchev–Trinajstić information content (AvgIpc) is 3.04. The number of thiazole rings is 1. The summed E-state index contributed by atoms with van der Waals surface area (Å²) in [5.74, 6) is 0.0364. The lowest BCUT2D eigenvalue weighted by atomic mass is 10.2. The highest BCUT2D eigenvalue weighted by molar-refractivity contribution is 7.15. The van der Waals surface area contributed by atoms with Crippen LogP contribution in [-0.4, -0.2) is 11.0 Å². The van der Waals surface area contributed by atoms with Gasteiger partial charge in [-0.3, -0.25) is 0 Å². The Balaban J connectivity index is 1.64. The van der Waals surface area contributed by atoms with Gasteiger partial charge in [-0.2, -0.15) is 0 Å². The quantitative estimate of drug-likeness (QED) is 0.617. The maximum atomic E-state index is 13.1. The smallest absolute Gasteiger partial charge is 0.308 e. The molecule has 0 spiro atoms. The molecule has 0 fully saturated rings. The van der Waals surface area contributed by atoms with Crippen molar-refractivity contribution in [3.63, 3.8) is 0 Å². The number of nitrogens with zero attached hydrogens (tertiary/aromatic N) is 1. The molecule has 24 heavy (non-hydrogen) atoms. The Morgan fingerprint density at radius 3 is 2.54 bits per heavy atom. The summed E-state index contributed by atoms with van der Waals surface area (Å²) in [6.07, 6.45) is 1.76. The molecule has 0 radical (unpaired) electrons. The first-order chi connectivity index (χ1) is 11.6. The number of hydrogen-bond acceptors (Lipinski definition) is 3. The zero-order chi connectivity index (χ0) is 16.9. The van der Waals surface area contributed by atoms with Gasteiger partial charge in [-0.1, -0.05) is 6.07 Å². The summed E-state index contributed by atoms with van der Waals surface area (Å²) < 4.78 is 13.1. The van der Waals surface area contributed by atoms with Crippen molar-refractivity contribution in [2.45, 2.75) is 5.88 Å². The molecule has 0 aliphatic carbocycles. The second kappa shape index (κ2) is 7.42. The number of urea groups is 1. The summed E-state index contributed by atoms with van der Waals surface area (Å²) >= 11 is 7.31. The first-order valence-electron chi connectivity index (χ1n) is 7.09. The first kappa shape index (κ1) is 16.4. The Morgan fingerprint density at radius 2 is 1.88 bits per heavy atom. The van der Waals surface area contributed by atoms with Crippen LogP contribution in [0.1, 0.15) is 4.88 Å². The molecule has 4 nitrogen and oxygen atoms in total. The highest BCUT2D eigenvalue weighted by Gasteiger charge is 2.06. The van der Waals surface area contributed by atoms with Crippen LogP contribution in [0.3, 0.4) is 0 Å². The molecule has 0 aliphatic heterocycles. The van der Waals surface area contributed by atoms with Crippen molar-refractivity contribution < 1.29 is 9.18 Å². The number of alkyl halides is 1. The first-order valence-corrected chi connectivity index (χ1v) is 8.44. The van der Waals surface area contributed by atoms with Gasteiger partial charge in [0, 0.05) is 28.0 Å². The number of carbonyl (C=O) groups is 1. The maximum absolute atomic E-state index is 13.1. The van der Waals surface area contributed by atoms with E-state index in [0.29, 0.717) is 17.3 Å². The van der Waals surface area contributed by atoms with Crippen LogP contribution in [0, 0.1) is 5.82 Å². The van der Waals surface area contributed by atoms with Crippen LogP contribution < -0.4 is 10.6 Å². The molecule has 0 saturated heterocycles. The third-order valence-corrected chi connectivity index (χ3v) is 4.65. The van der Waals surface area contributed by atoms with Crippen molar-refractivity contribution in [3.05, 3.63) is 65.4 Å². The van der Waals surface area contributed by atoms with E-state index in [4.69, 9.17) is 11.6 Å². The van der Waals surface area contributed by atoms with Crippen LogP contribution in [0.5, 0.6) is 0 Å². The van der Waals surface area contributed by atoms with Crippen molar-refractivity contribution in [2.75, 3.05) is 10.6 Å². The summed E-state index contributed by atoms with van der Waals surface area (Å²) in [4.78, 5) is 17.2. The molecule has 122 valence electrons. The van der Waals surface area contributed by atoms with Crippen molar-refractivity contribution in [3.8, 4) is 10.6 Å². The van der Waals surface area contributed by atoms with Gasteiger partial charge in [-0.15, -0.1) is 22.9 Å². The number of halogens is 2. The van der Waals surface area contributed by atoms with Gasteiger partial charge in [0.05, 0.1) is 5.88 Å². The molecule has 3 rings (SSSR count). The Hall–Kier alpha value is -2.44. The Morgan fingerprint density at radius 1 is 1.12 bits per heavy atom. The van der Waals surface area contributed by atoms with E-state index < -0.39 is 11.8 Å². The van der Waals surface area contributed by atoms with Gasteiger partial charge >= 0.3 is 6.03 Å². The molecular weight excluding hydrogens is 349 g/mol. The van der Waals surface area contributed by atoms with Gasteiger partial charge in [-0.05, 0) is 42.5 Å². The Kier molecular flexibility index (Phi) is 5.08. The van der Waals surface area contributed by atoms with Gasteiger partial charge < -0.3 is 10.6 Å². The minimum atomic E-state index is -0.438. The molecule has 0 aliphatic rings. The number of hydrogen-bond donors (Lipinski definition) is 2. The Labute approximate surface area is 147 Å². The lowest BCUT2D eigenvalue weighted by molar-refractivity contribution is 0.262. The van der Waals surface area contributed by atoms with Gasteiger partial charge in [0.25, 0.3) is 0 Å². The van der Waals surface area contributed by atoms with Crippen LogP contribution in [-0.2, 0) is 5.88 Å². The molecule has 2 amide bonds. The summed E-state index contributed by atoms with van der Waals surface area (Å²) in [5, 5.41) is 6.14. The van der Waals surface area contributed by atoms with Gasteiger partial charge in [0.1, 0.15) is 10.8 Å². The molecule has 1 heterocycles. The topological polar surface area (TPSA) is 54.0 Å². The predicted octanol–water partition coefficient (Wildman–Crippen LogP) is 5.33. The molecule has 2 N–H and O–H groups in total. The van der Waals surface area contributed by atoms with E-state index >= 15 is 0 Å². The van der Waals surface area contributed by atoms with E-state index in [9.17, 15) is 9.18 Å². The number of amides is 2. The van der Waals surface area contributed by atoms with E-state index in [2.05, 4.69) is 15.6 Å². The molecule has 2 aromatic carbocycles. The molecular formula is C17H13ClFN3OS. The average molecular weight is 362 g/mol. The monoisotopic (exact) mass is 361 g/mol. The van der Waals surface area contributed by atoms with Crippen LogP contribution in [0.15, 0.2) is 54.7 Å². The van der Waals surface area contributed by atoms with Gasteiger partial charge in [-0.25, -0.2) is 14.2 Å². The van der Waals surface area contributed by atoms with Crippen molar-refractivity contribution >= 4 is 40.3 Å². The summed E-state index contributed by atoms with van der Waals surface area (Å²) in [7, 11) is 0. The van der Waals surface area contributed by atoms with E-state index in [1.54, 1.807) is 24.4 Å². The second-order valence-electron chi connectivity index (χ2n) is 4.93. The van der Waals surface area contributed by atoms with Crippen molar-refractivity contribution in [1.82, 2.24) is 4.98 Å². The largest absolute Gasteiger partial charge is 0.323 e. The maximum Gasteiger partial charge on any atom is 0.323 e. The summed E-state index contributed by atoms with van der Waals surface area (Å²) in [6.45, 7) is 0.